The van der Waals surface area contributed by atoms with Crippen LogP contribution in [0.15, 0.2) is 54.7 Å². The van der Waals surface area contributed by atoms with Gasteiger partial charge in [0, 0.05) is 18.0 Å². The van der Waals surface area contributed by atoms with Gasteiger partial charge in [0.2, 0.25) is 0 Å². The van der Waals surface area contributed by atoms with Gasteiger partial charge in [0.05, 0.1) is 29.2 Å². The van der Waals surface area contributed by atoms with Crippen molar-refractivity contribution in [2.45, 2.75) is 18.9 Å². The zero-order valence-corrected chi connectivity index (χ0v) is 14.3. The molecule has 1 unspecified atom stereocenters. The van der Waals surface area contributed by atoms with Crippen LogP contribution in [0, 0.1) is 0 Å². The van der Waals surface area contributed by atoms with Gasteiger partial charge in [-0.05, 0) is 35.7 Å². The van der Waals surface area contributed by atoms with Crippen LogP contribution in [0.3, 0.4) is 0 Å². The van der Waals surface area contributed by atoms with Crippen molar-refractivity contribution in [1.82, 2.24) is 14.7 Å². The number of hydrogen-bond donors (Lipinski definition) is 0. The Kier molecular flexibility index (Phi) is 3.22. The second-order valence-corrected chi connectivity index (χ2v) is 7.00. The summed E-state index contributed by atoms with van der Waals surface area (Å²) in [7, 11) is 0. The van der Waals surface area contributed by atoms with Crippen molar-refractivity contribution < 1.29 is 4.79 Å². The number of amides is 1. The summed E-state index contributed by atoms with van der Waals surface area (Å²) in [4.78, 5) is 15.0. The maximum Gasteiger partial charge on any atom is 0.257 e. The van der Waals surface area contributed by atoms with Gasteiger partial charge < -0.3 is 4.90 Å². The van der Waals surface area contributed by atoms with Gasteiger partial charge in [0.25, 0.3) is 5.91 Å². The lowest BCUT2D eigenvalue weighted by molar-refractivity contribution is 0.0629. The third kappa shape index (κ3) is 2.21. The van der Waals surface area contributed by atoms with E-state index in [1.54, 1.807) is 6.20 Å². The normalized spacial score (nSPS) is 18.5. The van der Waals surface area contributed by atoms with Crippen molar-refractivity contribution >= 4 is 17.5 Å². The lowest BCUT2D eigenvalue weighted by Gasteiger charge is -2.40. The monoisotopic (exact) mass is 349 g/mol. The summed E-state index contributed by atoms with van der Waals surface area (Å²) >= 11 is 6.13. The highest BCUT2D eigenvalue weighted by Crippen LogP contribution is 2.38. The molecule has 2 aliphatic rings. The van der Waals surface area contributed by atoms with E-state index >= 15 is 0 Å². The largest absolute Gasteiger partial charge is 0.331 e. The highest BCUT2D eigenvalue weighted by atomic mass is 35.5. The van der Waals surface area contributed by atoms with Crippen molar-refractivity contribution in [1.29, 1.82) is 0 Å². The van der Waals surface area contributed by atoms with Gasteiger partial charge in [0.1, 0.15) is 0 Å². The van der Waals surface area contributed by atoms with Gasteiger partial charge in [-0.1, -0.05) is 41.9 Å². The van der Waals surface area contributed by atoms with Gasteiger partial charge in [-0.3, -0.25) is 4.79 Å². The smallest absolute Gasteiger partial charge is 0.257 e. The van der Waals surface area contributed by atoms with Gasteiger partial charge in [-0.25, -0.2) is 4.68 Å². The zero-order valence-electron chi connectivity index (χ0n) is 13.5. The second kappa shape index (κ2) is 5.46. The van der Waals surface area contributed by atoms with Gasteiger partial charge in [-0.2, -0.15) is 5.10 Å². The fourth-order valence-corrected chi connectivity index (χ4v) is 4.22. The Morgan fingerprint density at radius 3 is 2.88 bits per heavy atom. The van der Waals surface area contributed by atoms with E-state index in [1.165, 1.54) is 11.1 Å². The Labute approximate surface area is 150 Å². The average molecular weight is 350 g/mol. The topological polar surface area (TPSA) is 38.1 Å². The predicted molar refractivity (Wildman–Crippen MR) is 96.2 cm³/mol. The number of hydrogen-bond acceptors (Lipinski definition) is 2. The molecule has 1 aromatic heterocycles. The van der Waals surface area contributed by atoms with Crippen molar-refractivity contribution in [2.75, 3.05) is 6.54 Å². The summed E-state index contributed by atoms with van der Waals surface area (Å²) in [6.07, 6.45) is 3.37. The summed E-state index contributed by atoms with van der Waals surface area (Å²) < 4.78 is 1.85. The van der Waals surface area contributed by atoms with Crippen LogP contribution in [0.4, 0.5) is 0 Å². The minimum atomic E-state index is 0.0778. The van der Waals surface area contributed by atoms with E-state index in [0.717, 1.165) is 30.8 Å². The molecule has 0 fully saturated rings. The van der Waals surface area contributed by atoms with Crippen LogP contribution in [0.2, 0.25) is 5.02 Å². The highest BCUT2D eigenvalue weighted by Gasteiger charge is 2.38. The minimum absolute atomic E-state index is 0.0778. The number of halogens is 1. The molecule has 4 nitrogen and oxygen atoms in total. The zero-order chi connectivity index (χ0) is 17.0. The van der Waals surface area contributed by atoms with Gasteiger partial charge in [-0.15, -0.1) is 0 Å². The molecule has 5 rings (SSSR count). The van der Waals surface area contributed by atoms with Crippen LogP contribution in [-0.2, 0) is 12.8 Å². The predicted octanol–water partition coefficient (Wildman–Crippen LogP) is 3.82. The number of nitrogens with zero attached hydrogens (tertiary/aromatic N) is 3. The van der Waals surface area contributed by atoms with Crippen molar-refractivity contribution in [2.24, 2.45) is 0 Å². The van der Waals surface area contributed by atoms with E-state index in [-0.39, 0.29) is 11.9 Å². The second-order valence-electron chi connectivity index (χ2n) is 6.56. The van der Waals surface area contributed by atoms with Gasteiger partial charge in [0.15, 0.2) is 0 Å². The van der Waals surface area contributed by atoms with Crippen LogP contribution < -0.4 is 0 Å². The van der Waals surface area contributed by atoms with Crippen LogP contribution in [0.5, 0.6) is 0 Å². The summed E-state index contributed by atoms with van der Waals surface area (Å²) in [5.41, 5.74) is 5.15. The fraction of sp³-hybridized carbons (Fsp3) is 0.200. The third-order valence-corrected chi connectivity index (χ3v) is 5.45. The summed E-state index contributed by atoms with van der Waals surface area (Å²) in [6, 6.07) is 16.1. The maximum atomic E-state index is 13.0. The molecule has 0 saturated heterocycles. The summed E-state index contributed by atoms with van der Waals surface area (Å²) in [6.45, 7) is 0.766. The Morgan fingerprint density at radius 2 is 2.00 bits per heavy atom. The number of aromatic nitrogens is 2. The fourth-order valence-electron chi connectivity index (χ4n) is 4.03. The molecule has 2 aromatic carbocycles. The Hall–Kier alpha value is -2.59. The average Bonchev–Trinajstić information content (AvgIpc) is 3.06. The molecule has 3 heterocycles. The molecule has 124 valence electrons. The molecule has 0 spiro atoms. The molecule has 0 radical (unpaired) electrons. The molecule has 0 aliphatic carbocycles. The molecule has 25 heavy (non-hydrogen) atoms. The molecule has 0 saturated carbocycles. The minimum Gasteiger partial charge on any atom is -0.331 e. The molecule has 1 amide bonds. The van der Waals surface area contributed by atoms with E-state index in [1.807, 2.05) is 33.8 Å². The first-order valence-corrected chi connectivity index (χ1v) is 8.82. The van der Waals surface area contributed by atoms with E-state index in [4.69, 9.17) is 11.6 Å². The molecule has 0 bridgehead atoms. The number of benzene rings is 2. The molecule has 1 atom stereocenters. The van der Waals surface area contributed by atoms with Crippen LogP contribution >= 0.6 is 11.6 Å². The summed E-state index contributed by atoms with van der Waals surface area (Å²) in [5, 5.41) is 5.14. The molecule has 5 heteroatoms. The number of fused-ring (bicyclic) bond motifs is 4. The van der Waals surface area contributed by atoms with Crippen molar-refractivity contribution in [3.05, 3.63) is 82.1 Å². The first kappa shape index (κ1) is 14.7. The first-order valence-electron chi connectivity index (χ1n) is 8.44. The van der Waals surface area contributed by atoms with Crippen LogP contribution in [0.1, 0.15) is 33.2 Å². The Balaban J connectivity index is 1.64. The van der Waals surface area contributed by atoms with E-state index in [0.29, 0.717) is 10.6 Å². The molecule has 2 aliphatic heterocycles. The van der Waals surface area contributed by atoms with Crippen LogP contribution in [-0.4, -0.2) is 27.1 Å². The van der Waals surface area contributed by atoms with E-state index < -0.39 is 0 Å². The standard InChI is InChI=1S/C20H16ClN3O/c21-14-5-3-6-15(10-14)24-19-11-18-16-7-2-1-4-13(16)8-9-23(18)20(25)17(19)12-22-24/h1-7,10,12,18H,8-9,11H2. The van der Waals surface area contributed by atoms with Crippen molar-refractivity contribution in [3.8, 4) is 5.69 Å². The number of carbonyl (C=O) groups excluding carboxylic acids is 1. The molecule has 0 N–H and O–H groups in total. The Morgan fingerprint density at radius 1 is 1.12 bits per heavy atom. The van der Waals surface area contributed by atoms with E-state index in [2.05, 4.69) is 29.4 Å². The van der Waals surface area contributed by atoms with Crippen LogP contribution in [0.25, 0.3) is 5.69 Å². The highest BCUT2D eigenvalue weighted by molar-refractivity contribution is 6.30. The SMILES string of the molecule is O=C1c2cnn(-c3cccc(Cl)c3)c2CC2c3ccccc3CCN12. The van der Waals surface area contributed by atoms with Gasteiger partial charge >= 0.3 is 0 Å². The molecular formula is C20H16ClN3O. The number of rotatable bonds is 1. The quantitative estimate of drug-likeness (QED) is 0.669. The third-order valence-electron chi connectivity index (χ3n) is 5.21. The lowest BCUT2D eigenvalue weighted by Crippen LogP contribution is -2.44. The summed E-state index contributed by atoms with van der Waals surface area (Å²) in [5.74, 6) is 0.0778. The first-order chi connectivity index (χ1) is 12.2. The Bertz CT molecular complexity index is 994. The number of carbonyl (C=O) groups is 1. The molecule has 3 aromatic rings. The molecular weight excluding hydrogens is 334 g/mol. The lowest BCUT2D eigenvalue weighted by atomic mass is 9.86. The van der Waals surface area contributed by atoms with Crippen molar-refractivity contribution in [3.63, 3.8) is 0 Å². The van der Waals surface area contributed by atoms with E-state index in [9.17, 15) is 4.79 Å². The maximum absolute atomic E-state index is 13.0.